The van der Waals surface area contributed by atoms with Crippen LogP contribution in [0.5, 0.6) is 0 Å². The molecule has 1 saturated heterocycles. The molecule has 30 heavy (non-hydrogen) atoms. The number of anilines is 1. The summed E-state index contributed by atoms with van der Waals surface area (Å²) in [4.78, 5) is 14.8. The smallest absolute Gasteiger partial charge is 0.223 e. The second kappa shape index (κ2) is 8.42. The van der Waals surface area contributed by atoms with Crippen LogP contribution in [0.2, 0.25) is 0 Å². The Morgan fingerprint density at radius 3 is 2.43 bits per heavy atom. The van der Waals surface area contributed by atoms with Gasteiger partial charge in [0.05, 0.1) is 0 Å². The van der Waals surface area contributed by atoms with Crippen molar-refractivity contribution in [2.24, 2.45) is 5.92 Å². The molecular formula is C23H28N6O. The van der Waals surface area contributed by atoms with E-state index in [9.17, 15) is 4.79 Å². The van der Waals surface area contributed by atoms with E-state index in [1.54, 1.807) is 0 Å². The molecule has 1 aliphatic heterocycles. The van der Waals surface area contributed by atoms with Gasteiger partial charge in [0.2, 0.25) is 5.91 Å². The second-order valence-electron chi connectivity index (χ2n) is 8.46. The topological polar surface area (TPSA) is 75.4 Å². The van der Waals surface area contributed by atoms with Gasteiger partial charge in [0.15, 0.2) is 11.5 Å². The molecule has 2 aromatic heterocycles. The lowest BCUT2D eigenvalue weighted by molar-refractivity contribution is -0.126. The number of aromatic nitrogens is 4. The van der Waals surface area contributed by atoms with Crippen molar-refractivity contribution in [1.29, 1.82) is 0 Å². The Hall–Kier alpha value is -2.96. The molecule has 1 amide bonds. The first-order chi connectivity index (χ1) is 14.8. The molecule has 7 nitrogen and oxygen atoms in total. The number of hydrogen-bond donors (Lipinski definition) is 1. The van der Waals surface area contributed by atoms with E-state index in [4.69, 9.17) is 5.10 Å². The van der Waals surface area contributed by atoms with Gasteiger partial charge in [-0.25, -0.2) is 0 Å². The van der Waals surface area contributed by atoms with Gasteiger partial charge in [0.25, 0.3) is 0 Å². The Kier molecular flexibility index (Phi) is 5.34. The van der Waals surface area contributed by atoms with Gasteiger partial charge < -0.3 is 10.2 Å². The fraction of sp³-hybridized carbons (Fsp3) is 0.478. The minimum atomic E-state index is 0.228. The SMILES string of the molecule is O=C(NC1CCN(c2ccc3nnc(-c4ccccc4)n3n2)CC1)C1CCCCC1. The van der Waals surface area contributed by atoms with Gasteiger partial charge in [-0.05, 0) is 37.8 Å². The van der Waals surface area contributed by atoms with Gasteiger partial charge in [-0.1, -0.05) is 49.6 Å². The Morgan fingerprint density at radius 2 is 1.67 bits per heavy atom. The summed E-state index contributed by atoms with van der Waals surface area (Å²) >= 11 is 0. The number of carbonyl (C=O) groups is 1. The maximum absolute atomic E-state index is 12.6. The highest BCUT2D eigenvalue weighted by Crippen LogP contribution is 2.25. The monoisotopic (exact) mass is 404 g/mol. The summed E-state index contributed by atoms with van der Waals surface area (Å²) in [6, 6.07) is 14.3. The number of nitrogens with zero attached hydrogens (tertiary/aromatic N) is 5. The fourth-order valence-electron chi connectivity index (χ4n) is 4.65. The number of hydrogen-bond acceptors (Lipinski definition) is 5. The predicted molar refractivity (Wildman–Crippen MR) is 116 cm³/mol. The van der Waals surface area contributed by atoms with Crippen LogP contribution in [-0.4, -0.2) is 44.8 Å². The number of piperidine rings is 1. The average molecular weight is 405 g/mol. The van der Waals surface area contributed by atoms with Crippen molar-refractivity contribution < 1.29 is 4.79 Å². The summed E-state index contributed by atoms with van der Waals surface area (Å²) in [6.45, 7) is 1.77. The first kappa shape index (κ1) is 19.0. The minimum absolute atomic E-state index is 0.228. The molecule has 0 bridgehead atoms. The zero-order chi connectivity index (χ0) is 20.3. The molecule has 2 aliphatic rings. The van der Waals surface area contributed by atoms with Crippen LogP contribution in [-0.2, 0) is 4.79 Å². The molecule has 2 fully saturated rings. The quantitative estimate of drug-likeness (QED) is 0.721. The first-order valence-corrected chi connectivity index (χ1v) is 11.1. The predicted octanol–water partition coefficient (Wildman–Crippen LogP) is 3.46. The van der Waals surface area contributed by atoms with E-state index >= 15 is 0 Å². The Morgan fingerprint density at radius 1 is 0.900 bits per heavy atom. The van der Waals surface area contributed by atoms with E-state index in [2.05, 4.69) is 20.4 Å². The minimum Gasteiger partial charge on any atom is -0.355 e. The van der Waals surface area contributed by atoms with E-state index in [1.807, 2.05) is 47.0 Å². The van der Waals surface area contributed by atoms with Crippen LogP contribution in [0, 0.1) is 5.92 Å². The molecule has 1 aromatic carbocycles. The zero-order valence-corrected chi connectivity index (χ0v) is 17.2. The molecule has 0 radical (unpaired) electrons. The van der Waals surface area contributed by atoms with E-state index < -0.39 is 0 Å². The average Bonchev–Trinajstić information content (AvgIpc) is 3.24. The van der Waals surface area contributed by atoms with Crippen molar-refractivity contribution >= 4 is 17.4 Å². The highest BCUT2D eigenvalue weighted by atomic mass is 16.1. The van der Waals surface area contributed by atoms with Crippen molar-refractivity contribution in [3.8, 4) is 11.4 Å². The lowest BCUT2D eigenvalue weighted by atomic mass is 9.88. The summed E-state index contributed by atoms with van der Waals surface area (Å²) in [6.07, 6.45) is 7.67. The molecule has 7 heteroatoms. The van der Waals surface area contributed by atoms with E-state index in [0.29, 0.717) is 0 Å². The van der Waals surface area contributed by atoms with Gasteiger partial charge in [0.1, 0.15) is 5.82 Å². The Bertz CT molecular complexity index is 1000. The molecule has 1 saturated carbocycles. The van der Waals surface area contributed by atoms with Crippen LogP contribution < -0.4 is 10.2 Å². The largest absolute Gasteiger partial charge is 0.355 e. The highest BCUT2D eigenvalue weighted by Gasteiger charge is 2.26. The van der Waals surface area contributed by atoms with Gasteiger partial charge in [-0.3, -0.25) is 4.79 Å². The highest BCUT2D eigenvalue weighted by molar-refractivity contribution is 5.79. The summed E-state index contributed by atoms with van der Waals surface area (Å²) in [7, 11) is 0. The maximum atomic E-state index is 12.6. The number of nitrogens with one attached hydrogen (secondary N) is 1. The number of carbonyl (C=O) groups excluding carboxylic acids is 1. The van der Waals surface area contributed by atoms with Crippen LogP contribution in [0.4, 0.5) is 5.82 Å². The van der Waals surface area contributed by atoms with Crippen molar-refractivity contribution in [3.05, 3.63) is 42.5 Å². The van der Waals surface area contributed by atoms with Crippen LogP contribution in [0.3, 0.4) is 0 Å². The van der Waals surface area contributed by atoms with Crippen LogP contribution in [0.15, 0.2) is 42.5 Å². The third-order valence-electron chi connectivity index (χ3n) is 6.42. The van der Waals surface area contributed by atoms with Crippen molar-refractivity contribution in [2.45, 2.75) is 51.0 Å². The third kappa shape index (κ3) is 3.88. The number of rotatable bonds is 4. The van der Waals surface area contributed by atoms with Crippen LogP contribution >= 0.6 is 0 Å². The fourth-order valence-corrected chi connectivity index (χ4v) is 4.65. The van der Waals surface area contributed by atoms with Crippen LogP contribution in [0.1, 0.15) is 44.9 Å². The number of fused-ring (bicyclic) bond motifs is 1. The lowest BCUT2D eigenvalue weighted by Crippen LogP contribution is -2.46. The molecule has 156 valence electrons. The molecule has 1 aliphatic carbocycles. The molecule has 0 atom stereocenters. The lowest BCUT2D eigenvalue weighted by Gasteiger charge is -2.34. The van der Waals surface area contributed by atoms with Crippen molar-refractivity contribution in [3.63, 3.8) is 0 Å². The maximum Gasteiger partial charge on any atom is 0.223 e. The normalized spacial score (nSPS) is 18.6. The van der Waals surface area contributed by atoms with Gasteiger partial charge in [-0.2, -0.15) is 4.52 Å². The standard InChI is InChI=1S/C23H28N6O/c30-23(18-9-5-2-6-10-18)24-19-13-15-28(16-14-19)21-12-11-20-25-26-22(29(20)27-21)17-7-3-1-4-8-17/h1,3-4,7-8,11-12,18-19H,2,5-6,9-10,13-16H2,(H,24,30). The van der Waals surface area contributed by atoms with E-state index in [-0.39, 0.29) is 17.9 Å². The summed E-state index contributed by atoms with van der Waals surface area (Å²) in [5.74, 6) is 2.18. The molecule has 0 unspecified atom stereocenters. The first-order valence-electron chi connectivity index (χ1n) is 11.1. The van der Waals surface area contributed by atoms with Crippen molar-refractivity contribution in [1.82, 2.24) is 25.1 Å². The molecule has 5 rings (SSSR count). The third-order valence-corrected chi connectivity index (χ3v) is 6.42. The molecular weight excluding hydrogens is 376 g/mol. The number of amides is 1. The summed E-state index contributed by atoms with van der Waals surface area (Å²) < 4.78 is 1.82. The van der Waals surface area contributed by atoms with E-state index in [0.717, 1.165) is 61.6 Å². The summed E-state index contributed by atoms with van der Waals surface area (Å²) in [5.41, 5.74) is 1.74. The van der Waals surface area contributed by atoms with Gasteiger partial charge in [-0.15, -0.1) is 15.3 Å². The number of benzene rings is 1. The molecule has 0 spiro atoms. The zero-order valence-electron chi connectivity index (χ0n) is 17.2. The van der Waals surface area contributed by atoms with Crippen LogP contribution in [0.25, 0.3) is 17.0 Å². The Labute approximate surface area is 176 Å². The summed E-state index contributed by atoms with van der Waals surface area (Å²) in [5, 5.41) is 16.7. The van der Waals surface area contributed by atoms with Crippen molar-refractivity contribution in [2.75, 3.05) is 18.0 Å². The van der Waals surface area contributed by atoms with Gasteiger partial charge in [0, 0.05) is 30.6 Å². The molecule has 3 aromatic rings. The van der Waals surface area contributed by atoms with Gasteiger partial charge >= 0.3 is 0 Å². The molecule has 3 heterocycles. The Balaban J connectivity index is 1.25. The second-order valence-corrected chi connectivity index (χ2v) is 8.46. The van der Waals surface area contributed by atoms with E-state index in [1.165, 1.54) is 19.3 Å². The molecule has 1 N–H and O–H groups in total.